The highest BCUT2D eigenvalue weighted by Crippen LogP contribution is 2.31. The van der Waals surface area contributed by atoms with Gasteiger partial charge >= 0.3 is 0 Å². The molecule has 1 aromatic carbocycles. The molecule has 0 aliphatic heterocycles. The predicted molar refractivity (Wildman–Crippen MR) is 81.3 cm³/mol. The minimum absolute atomic E-state index is 0.319. The number of hydrogen-bond donors (Lipinski definition) is 1. The molecule has 1 heterocycles. The average molecular weight is 359 g/mol. The summed E-state index contributed by atoms with van der Waals surface area (Å²) in [5.41, 5.74) is 7.24. The molecule has 2 rings (SSSR count). The topological polar surface area (TPSA) is 70.3 Å². The second-order valence-corrected chi connectivity index (χ2v) is 5.17. The zero-order valence-corrected chi connectivity index (χ0v) is 13.3. The first kappa shape index (κ1) is 15.2. The molecule has 0 bridgehead atoms. The van der Waals surface area contributed by atoms with Crippen molar-refractivity contribution in [1.29, 1.82) is 0 Å². The maximum Gasteiger partial charge on any atom is 0.201 e. The zero-order chi connectivity index (χ0) is 14.7. The van der Waals surface area contributed by atoms with Crippen molar-refractivity contribution in [3.63, 3.8) is 0 Å². The molecule has 0 aliphatic carbocycles. The Balaban J connectivity index is 2.53. The van der Waals surface area contributed by atoms with Crippen LogP contribution in [0.3, 0.4) is 0 Å². The molecule has 0 atom stereocenters. The molecule has 0 aliphatic rings. The number of nitrogens with two attached hydrogens (primary N) is 1. The molecular weight excluding hydrogens is 346 g/mol. The van der Waals surface area contributed by atoms with Crippen LogP contribution in [0.5, 0.6) is 0 Å². The number of anilines is 1. The summed E-state index contributed by atoms with van der Waals surface area (Å²) >= 11 is 9.22. The summed E-state index contributed by atoms with van der Waals surface area (Å²) in [6.45, 7) is 0. The van der Waals surface area contributed by atoms with Gasteiger partial charge < -0.3 is 15.2 Å². The van der Waals surface area contributed by atoms with E-state index in [1.807, 2.05) is 12.1 Å². The Labute approximate surface area is 130 Å². The summed E-state index contributed by atoms with van der Waals surface area (Å²) in [4.78, 5) is 8.69. The summed E-state index contributed by atoms with van der Waals surface area (Å²) in [6, 6.07) is 7.18. The number of benzene rings is 1. The fraction of sp³-hybridized carbons (Fsp3) is 0.231. The highest BCUT2D eigenvalue weighted by Gasteiger charge is 2.19. The van der Waals surface area contributed by atoms with Crippen molar-refractivity contribution in [2.24, 2.45) is 0 Å². The van der Waals surface area contributed by atoms with Gasteiger partial charge in [-0.05, 0) is 40.2 Å². The van der Waals surface area contributed by atoms with Crippen LogP contribution < -0.4 is 5.73 Å². The van der Waals surface area contributed by atoms with E-state index in [1.165, 1.54) is 14.2 Å². The van der Waals surface area contributed by atoms with Gasteiger partial charge in [-0.2, -0.15) is 0 Å². The number of aromatic nitrogens is 2. The van der Waals surface area contributed by atoms with E-state index in [0.717, 1.165) is 5.56 Å². The van der Waals surface area contributed by atoms with Crippen LogP contribution in [0.4, 0.5) is 5.82 Å². The van der Waals surface area contributed by atoms with Gasteiger partial charge in [-0.3, -0.25) is 0 Å². The molecule has 0 unspecified atom stereocenters. The smallest absolute Gasteiger partial charge is 0.201 e. The van der Waals surface area contributed by atoms with Crippen molar-refractivity contribution >= 4 is 33.3 Å². The lowest BCUT2D eigenvalue weighted by atomic mass is 10.2. The van der Waals surface area contributed by atoms with Gasteiger partial charge in [0.25, 0.3) is 0 Å². The molecule has 0 saturated carbocycles. The largest absolute Gasteiger partial charge is 0.383 e. The molecule has 2 N–H and O–H groups in total. The van der Waals surface area contributed by atoms with E-state index in [2.05, 4.69) is 25.9 Å². The number of methoxy groups -OCH3 is 2. The van der Waals surface area contributed by atoms with Crippen molar-refractivity contribution in [1.82, 2.24) is 9.97 Å². The Morgan fingerprint density at radius 3 is 2.30 bits per heavy atom. The van der Waals surface area contributed by atoms with Crippen LogP contribution in [0.1, 0.15) is 12.0 Å². The van der Waals surface area contributed by atoms with Gasteiger partial charge in [0, 0.05) is 24.8 Å². The van der Waals surface area contributed by atoms with E-state index in [-0.39, 0.29) is 0 Å². The van der Waals surface area contributed by atoms with E-state index in [0.29, 0.717) is 26.8 Å². The first-order valence-corrected chi connectivity index (χ1v) is 6.88. The summed E-state index contributed by atoms with van der Waals surface area (Å²) in [5, 5.41) is 0.644. The predicted octanol–water partition coefficient (Wildman–Crippen LogP) is 3.43. The van der Waals surface area contributed by atoms with Crippen molar-refractivity contribution < 1.29 is 9.47 Å². The van der Waals surface area contributed by atoms with Gasteiger partial charge in [-0.1, -0.05) is 11.6 Å². The van der Waals surface area contributed by atoms with Gasteiger partial charge in [0.1, 0.15) is 11.5 Å². The lowest BCUT2D eigenvalue weighted by molar-refractivity contribution is -0.109. The number of nitrogens with zero attached hydrogens (tertiary/aromatic N) is 2. The Morgan fingerprint density at radius 1 is 1.15 bits per heavy atom. The number of rotatable bonds is 4. The SMILES string of the molecule is COC(OC)c1nc(-c2ccc(Cl)cc2)nc(N)c1Br. The third-order valence-corrected chi connectivity index (χ3v) is 3.72. The highest BCUT2D eigenvalue weighted by atomic mass is 79.9. The van der Waals surface area contributed by atoms with Crippen LogP contribution in [0, 0.1) is 0 Å². The van der Waals surface area contributed by atoms with Gasteiger partial charge in [0.05, 0.1) is 4.47 Å². The summed E-state index contributed by atoms with van der Waals surface area (Å²) in [5.74, 6) is 0.801. The second kappa shape index (κ2) is 6.49. The Bertz CT molecular complexity index is 603. The van der Waals surface area contributed by atoms with E-state index < -0.39 is 6.29 Å². The molecule has 20 heavy (non-hydrogen) atoms. The summed E-state index contributed by atoms with van der Waals surface area (Å²) < 4.78 is 11.0. The average Bonchev–Trinajstić information content (AvgIpc) is 2.45. The first-order chi connectivity index (χ1) is 9.56. The Hall–Kier alpha value is -1.21. The molecule has 7 heteroatoms. The quantitative estimate of drug-likeness (QED) is 0.848. The lowest BCUT2D eigenvalue weighted by Gasteiger charge is -2.16. The molecule has 5 nitrogen and oxygen atoms in total. The normalized spacial score (nSPS) is 11.1. The number of ether oxygens (including phenoxy) is 2. The number of hydrogen-bond acceptors (Lipinski definition) is 5. The maximum absolute atomic E-state index is 5.90. The molecule has 0 spiro atoms. The van der Waals surface area contributed by atoms with Crippen molar-refractivity contribution in [3.05, 3.63) is 39.5 Å². The summed E-state index contributed by atoms with van der Waals surface area (Å²) in [7, 11) is 3.06. The van der Waals surface area contributed by atoms with Crippen LogP contribution in [0.2, 0.25) is 5.02 Å². The molecule has 0 amide bonds. The van der Waals surface area contributed by atoms with E-state index >= 15 is 0 Å². The van der Waals surface area contributed by atoms with Crippen LogP contribution in [0.15, 0.2) is 28.7 Å². The van der Waals surface area contributed by atoms with Crippen LogP contribution in [-0.2, 0) is 9.47 Å². The minimum Gasteiger partial charge on any atom is -0.383 e. The Morgan fingerprint density at radius 2 is 1.75 bits per heavy atom. The van der Waals surface area contributed by atoms with E-state index in [4.69, 9.17) is 26.8 Å². The second-order valence-electron chi connectivity index (χ2n) is 3.94. The standard InChI is InChI=1S/C13H13BrClN3O2/c1-19-13(20-2)10-9(14)11(16)18-12(17-10)7-3-5-8(15)6-4-7/h3-6,13H,1-2H3,(H2,16,17,18). The highest BCUT2D eigenvalue weighted by molar-refractivity contribution is 9.10. The molecule has 0 radical (unpaired) electrons. The van der Waals surface area contributed by atoms with Crippen molar-refractivity contribution in [2.75, 3.05) is 20.0 Å². The molecule has 0 saturated heterocycles. The van der Waals surface area contributed by atoms with Crippen LogP contribution in [-0.4, -0.2) is 24.2 Å². The lowest BCUT2D eigenvalue weighted by Crippen LogP contribution is -2.10. The van der Waals surface area contributed by atoms with Crippen molar-refractivity contribution in [3.8, 4) is 11.4 Å². The van der Waals surface area contributed by atoms with Gasteiger partial charge in [0.15, 0.2) is 5.82 Å². The van der Waals surface area contributed by atoms with Gasteiger partial charge in [-0.25, -0.2) is 9.97 Å². The summed E-state index contributed by atoms with van der Waals surface area (Å²) in [6.07, 6.45) is -0.624. The molecule has 106 valence electrons. The zero-order valence-electron chi connectivity index (χ0n) is 10.9. The number of nitrogen functional groups attached to an aromatic ring is 1. The fourth-order valence-electron chi connectivity index (χ4n) is 1.69. The van der Waals surface area contributed by atoms with Crippen LogP contribution in [0.25, 0.3) is 11.4 Å². The monoisotopic (exact) mass is 357 g/mol. The first-order valence-electron chi connectivity index (χ1n) is 5.71. The fourth-order valence-corrected chi connectivity index (χ4v) is 2.18. The molecule has 1 aromatic heterocycles. The van der Waals surface area contributed by atoms with E-state index in [9.17, 15) is 0 Å². The molecular formula is C13H13BrClN3O2. The maximum atomic E-state index is 5.90. The van der Waals surface area contributed by atoms with Crippen molar-refractivity contribution in [2.45, 2.75) is 6.29 Å². The molecule has 2 aromatic rings. The van der Waals surface area contributed by atoms with Gasteiger partial charge in [0.2, 0.25) is 6.29 Å². The van der Waals surface area contributed by atoms with Crippen LogP contribution >= 0.6 is 27.5 Å². The third-order valence-electron chi connectivity index (χ3n) is 2.66. The van der Waals surface area contributed by atoms with Gasteiger partial charge in [-0.15, -0.1) is 0 Å². The minimum atomic E-state index is -0.624. The third kappa shape index (κ3) is 3.09. The van der Waals surface area contributed by atoms with E-state index in [1.54, 1.807) is 12.1 Å². The molecule has 0 fully saturated rings. The number of halogens is 2. The Kier molecular flexibility index (Phi) is 4.93.